The monoisotopic (exact) mass is 507 g/mol. The van der Waals surface area contributed by atoms with E-state index < -0.39 is 15.7 Å². The van der Waals surface area contributed by atoms with Crippen molar-refractivity contribution in [1.29, 1.82) is 0 Å². The van der Waals surface area contributed by atoms with Crippen molar-refractivity contribution in [1.82, 2.24) is 14.5 Å². The zero-order valence-electron chi connectivity index (χ0n) is 19.6. The lowest BCUT2D eigenvalue weighted by Gasteiger charge is -2.44. The van der Waals surface area contributed by atoms with Crippen LogP contribution in [0, 0.1) is 0 Å². The lowest BCUT2D eigenvalue weighted by Crippen LogP contribution is -2.59. The average molecular weight is 508 g/mol. The van der Waals surface area contributed by atoms with Crippen LogP contribution in [0.1, 0.15) is 25.3 Å². The van der Waals surface area contributed by atoms with E-state index in [-0.39, 0.29) is 16.8 Å². The number of carbonyl (C=O) groups excluding carboxylic acids is 1. The number of hydrogen-bond donors (Lipinski definition) is 1. The topological polar surface area (TPSA) is 88.2 Å². The second-order valence-electron chi connectivity index (χ2n) is 8.69. The Morgan fingerprint density at radius 1 is 1.09 bits per heavy atom. The van der Waals surface area contributed by atoms with Crippen molar-refractivity contribution in [2.75, 3.05) is 33.9 Å². The summed E-state index contributed by atoms with van der Waals surface area (Å²) in [5.74, 6) is 1.34. The number of nitrogens with one attached hydrogen (secondary N) is 1. The van der Waals surface area contributed by atoms with E-state index in [1.165, 1.54) is 10.4 Å². The number of sulfonamides is 1. The molecule has 1 spiro atoms. The zero-order chi connectivity index (χ0) is 24.5. The summed E-state index contributed by atoms with van der Waals surface area (Å²) in [6, 6.07) is 11.7. The molecule has 0 aliphatic carbocycles. The van der Waals surface area contributed by atoms with Crippen molar-refractivity contribution in [3.8, 4) is 11.5 Å². The van der Waals surface area contributed by atoms with Crippen LogP contribution in [0.3, 0.4) is 0 Å². The molecule has 4 rings (SSSR count). The molecule has 34 heavy (non-hydrogen) atoms. The van der Waals surface area contributed by atoms with Crippen LogP contribution in [0.15, 0.2) is 47.4 Å². The van der Waals surface area contributed by atoms with E-state index in [0.29, 0.717) is 55.4 Å². The molecule has 0 aromatic heterocycles. The minimum Gasteiger partial charge on any atom is -0.493 e. The van der Waals surface area contributed by atoms with Crippen LogP contribution in [0.25, 0.3) is 0 Å². The van der Waals surface area contributed by atoms with Crippen LogP contribution < -0.4 is 14.8 Å². The quantitative estimate of drug-likeness (QED) is 0.620. The Hall–Kier alpha value is -2.33. The second-order valence-corrected chi connectivity index (χ2v) is 11.1. The number of amides is 1. The van der Waals surface area contributed by atoms with Crippen LogP contribution in [0.4, 0.5) is 0 Å². The minimum absolute atomic E-state index is 0.0339. The van der Waals surface area contributed by atoms with Crippen LogP contribution in [-0.2, 0) is 21.2 Å². The Labute approximate surface area is 205 Å². The van der Waals surface area contributed by atoms with Crippen molar-refractivity contribution in [2.24, 2.45) is 0 Å². The minimum atomic E-state index is -3.65. The van der Waals surface area contributed by atoms with Crippen LogP contribution in [0.2, 0.25) is 5.02 Å². The molecule has 2 aromatic carbocycles. The normalized spacial score (nSPS) is 20.6. The summed E-state index contributed by atoms with van der Waals surface area (Å²) >= 11 is 6.01. The van der Waals surface area contributed by atoms with Gasteiger partial charge in [0.2, 0.25) is 15.9 Å². The molecule has 8 nitrogen and oxygen atoms in total. The third kappa shape index (κ3) is 4.62. The van der Waals surface area contributed by atoms with Crippen LogP contribution in [-0.4, -0.2) is 69.1 Å². The van der Waals surface area contributed by atoms with Crippen molar-refractivity contribution >= 4 is 27.5 Å². The maximum absolute atomic E-state index is 13.1. The maximum atomic E-state index is 13.1. The molecule has 0 unspecified atom stereocenters. The first-order chi connectivity index (χ1) is 16.2. The fraction of sp³-hybridized carbons (Fsp3) is 0.458. The lowest BCUT2D eigenvalue weighted by atomic mass is 9.96. The molecular formula is C24H30ClN3O5S. The van der Waals surface area contributed by atoms with Crippen LogP contribution in [0.5, 0.6) is 11.5 Å². The van der Waals surface area contributed by atoms with Gasteiger partial charge in [-0.2, -0.15) is 4.31 Å². The van der Waals surface area contributed by atoms with E-state index in [4.69, 9.17) is 21.1 Å². The summed E-state index contributed by atoms with van der Waals surface area (Å²) in [5.41, 5.74) is 0.467. The zero-order valence-corrected chi connectivity index (χ0v) is 21.2. The number of benzene rings is 2. The lowest BCUT2D eigenvalue weighted by molar-refractivity contribution is -0.132. The molecule has 0 bridgehead atoms. The summed E-state index contributed by atoms with van der Waals surface area (Å²) in [6.07, 6.45) is 1.66. The van der Waals surface area contributed by atoms with Gasteiger partial charge in [-0.3, -0.25) is 10.1 Å². The Kier molecular flexibility index (Phi) is 7.09. The van der Waals surface area contributed by atoms with E-state index in [1.54, 1.807) is 32.4 Å². The van der Waals surface area contributed by atoms with Crippen molar-refractivity contribution in [2.45, 2.75) is 42.8 Å². The van der Waals surface area contributed by atoms with Crippen LogP contribution >= 0.6 is 11.6 Å². The maximum Gasteiger partial charge on any atom is 0.243 e. The van der Waals surface area contributed by atoms with Crippen molar-refractivity contribution in [3.05, 3.63) is 53.1 Å². The predicted molar refractivity (Wildman–Crippen MR) is 130 cm³/mol. The molecule has 0 radical (unpaired) electrons. The Bertz CT molecular complexity index is 1160. The van der Waals surface area contributed by atoms with E-state index in [1.807, 2.05) is 30.0 Å². The molecule has 2 aliphatic rings. The Balaban J connectivity index is 1.48. The van der Waals surface area contributed by atoms with Gasteiger partial charge in [0, 0.05) is 24.7 Å². The van der Waals surface area contributed by atoms with Gasteiger partial charge >= 0.3 is 0 Å². The summed E-state index contributed by atoms with van der Waals surface area (Å²) in [4.78, 5) is 15.1. The number of hydrogen-bond acceptors (Lipinski definition) is 6. The number of nitrogens with zero attached hydrogens (tertiary/aromatic N) is 2. The van der Waals surface area contributed by atoms with Crippen molar-refractivity contribution in [3.63, 3.8) is 0 Å². The van der Waals surface area contributed by atoms with Gasteiger partial charge < -0.3 is 14.4 Å². The molecule has 1 N–H and O–H groups in total. The van der Waals surface area contributed by atoms with Gasteiger partial charge in [0.25, 0.3) is 0 Å². The molecular weight excluding hydrogens is 478 g/mol. The molecule has 184 valence electrons. The van der Waals surface area contributed by atoms with Gasteiger partial charge in [0.1, 0.15) is 0 Å². The van der Waals surface area contributed by atoms with Gasteiger partial charge in [-0.1, -0.05) is 23.7 Å². The second kappa shape index (κ2) is 9.73. The summed E-state index contributed by atoms with van der Waals surface area (Å²) < 4.78 is 38.4. The first-order valence-corrected chi connectivity index (χ1v) is 13.1. The summed E-state index contributed by atoms with van der Waals surface area (Å²) in [5, 5.41) is 3.84. The average Bonchev–Trinajstić information content (AvgIpc) is 3.06. The highest BCUT2D eigenvalue weighted by atomic mass is 35.5. The van der Waals surface area contributed by atoms with Gasteiger partial charge in [0.15, 0.2) is 11.5 Å². The predicted octanol–water partition coefficient (Wildman–Crippen LogP) is 2.90. The molecule has 2 aliphatic heterocycles. The van der Waals surface area contributed by atoms with E-state index in [2.05, 4.69) is 5.32 Å². The number of rotatable bonds is 7. The smallest absolute Gasteiger partial charge is 0.243 e. The Morgan fingerprint density at radius 3 is 2.44 bits per heavy atom. The number of halogens is 1. The molecule has 2 fully saturated rings. The van der Waals surface area contributed by atoms with E-state index >= 15 is 0 Å². The highest BCUT2D eigenvalue weighted by Gasteiger charge is 2.50. The number of ether oxygens (including phenoxy) is 2. The number of piperidine rings is 1. The molecule has 10 heteroatoms. The van der Waals surface area contributed by atoms with Gasteiger partial charge in [-0.15, -0.1) is 0 Å². The molecule has 2 aromatic rings. The molecule has 1 atom stereocenters. The fourth-order valence-corrected chi connectivity index (χ4v) is 6.62. The highest BCUT2D eigenvalue weighted by Crippen LogP contribution is 2.35. The largest absolute Gasteiger partial charge is 0.493 e. The standard InChI is InChI=1S/C24H30ClN3O5S/c1-17-23(29)28(12-9-18-7-8-21(32-2)22(15-18)33-3)24(26-17)10-13-27(14-11-24)34(30,31)20-6-4-5-19(25)16-20/h4-8,15-17,26H,9-14H2,1-3H3/t17-/m0/s1. The Morgan fingerprint density at radius 2 is 1.79 bits per heavy atom. The number of carbonyl (C=O) groups is 1. The first-order valence-electron chi connectivity index (χ1n) is 11.3. The third-order valence-corrected chi connectivity index (χ3v) is 8.82. The first kappa shape index (κ1) is 24.8. The fourth-order valence-electron chi connectivity index (χ4n) is 4.88. The molecule has 1 amide bonds. The molecule has 2 saturated heterocycles. The molecule has 2 heterocycles. The van der Waals surface area contributed by atoms with Crippen molar-refractivity contribution < 1.29 is 22.7 Å². The van der Waals surface area contributed by atoms with Gasteiger partial charge in [-0.25, -0.2) is 8.42 Å². The SMILES string of the molecule is COc1ccc(CCN2C(=O)[C@H](C)NC23CCN(S(=O)(=O)c2cccc(Cl)c2)CC3)cc1OC. The molecule has 0 saturated carbocycles. The van der Waals surface area contributed by atoms with E-state index in [0.717, 1.165) is 5.56 Å². The summed E-state index contributed by atoms with van der Waals surface area (Å²) in [7, 11) is -0.465. The van der Waals surface area contributed by atoms with E-state index in [9.17, 15) is 13.2 Å². The highest BCUT2D eigenvalue weighted by molar-refractivity contribution is 7.89. The van der Waals surface area contributed by atoms with Gasteiger partial charge in [-0.05, 0) is 62.1 Å². The third-order valence-electron chi connectivity index (χ3n) is 6.69. The summed E-state index contributed by atoms with van der Waals surface area (Å²) in [6.45, 7) is 3.01. The van der Waals surface area contributed by atoms with Gasteiger partial charge in [0.05, 0.1) is 30.8 Å². The number of methoxy groups -OCH3 is 2.